The normalized spacial score (nSPS) is 25.4. The van der Waals surface area contributed by atoms with E-state index in [4.69, 9.17) is 20.0 Å². The molecule has 3 rings (SSSR count). The van der Waals surface area contributed by atoms with Crippen LogP contribution < -0.4 is 0 Å². The van der Waals surface area contributed by atoms with Crippen LogP contribution in [0.3, 0.4) is 0 Å². The van der Waals surface area contributed by atoms with Crippen LogP contribution in [0.15, 0.2) is 28.3 Å². The predicted molar refractivity (Wildman–Crippen MR) is 141 cm³/mol. The number of hydrogen-bond acceptors (Lipinski definition) is 6. The van der Waals surface area contributed by atoms with Gasteiger partial charge in [0.1, 0.15) is 12.3 Å². The summed E-state index contributed by atoms with van der Waals surface area (Å²) in [7, 11) is -1.36. The second-order valence-corrected chi connectivity index (χ2v) is 18.7. The van der Waals surface area contributed by atoms with Crippen molar-refractivity contribution in [1.29, 1.82) is 0 Å². The molecule has 0 aromatic heterocycles. The van der Waals surface area contributed by atoms with E-state index in [1.165, 1.54) is 28.8 Å². The Labute approximate surface area is 216 Å². The molecule has 2 aliphatic rings. The van der Waals surface area contributed by atoms with Gasteiger partial charge in [-0.2, -0.15) is 0 Å². The lowest BCUT2D eigenvalue weighted by atomic mass is 9.85. The topological polar surface area (TPSA) is 99.9 Å². The fourth-order valence-electron chi connectivity index (χ4n) is 4.25. The molecule has 1 aromatic carbocycles. The Morgan fingerprint density at radius 2 is 2.06 bits per heavy atom. The molecule has 3 atom stereocenters. The lowest BCUT2D eigenvalue weighted by Gasteiger charge is -2.38. The van der Waals surface area contributed by atoms with Gasteiger partial charge in [-0.3, -0.25) is 4.99 Å². The highest BCUT2D eigenvalue weighted by atomic mass is 32.2. The average Bonchev–Trinajstić information content (AvgIpc) is 3.48. The summed E-state index contributed by atoms with van der Waals surface area (Å²) >= 11 is 1.30. The smallest absolute Gasteiger partial charge is 0.418 e. The first-order valence-corrected chi connectivity index (χ1v) is 16.5. The molecule has 1 heterocycles. The van der Waals surface area contributed by atoms with Crippen LogP contribution in [-0.2, 0) is 15.0 Å². The monoisotopic (exact) mass is 539 g/mol. The van der Waals surface area contributed by atoms with Crippen molar-refractivity contribution in [3.63, 3.8) is 0 Å². The minimum absolute atomic E-state index is 0.0944. The van der Waals surface area contributed by atoms with E-state index in [1.807, 2.05) is 0 Å². The Balaban J connectivity index is 2.03. The van der Waals surface area contributed by atoms with Crippen LogP contribution >= 0.6 is 11.8 Å². The van der Waals surface area contributed by atoms with Gasteiger partial charge >= 0.3 is 6.09 Å². The van der Waals surface area contributed by atoms with Gasteiger partial charge in [0.15, 0.2) is 16.8 Å². The van der Waals surface area contributed by atoms with E-state index in [9.17, 15) is 9.18 Å². The third-order valence-corrected chi connectivity index (χ3v) is 9.47. The van der Waals surface area contributed by atoms with E-state index in [0.29, 0.717) is 13.0 Å². The minimum Gasteiger partial charge on any atom is -0.443 e. The lowest BCUT2D eigenvalue weighted by Crippen LogP contribution is -2.46. The Kier molecular flexibility index (Phi) is 8.15. The number of aliphatic imine (C=N–C) groups is 1. The van der Waals surface area contributed by atoms with Crippen molar-refractivity contribution in [1.82, 2.24) is 4.90 Å². The molecule has 1 aliphatic carbocycles. The SMILES string of the molecule is CC(C)(C)OC(=O)N(COCC[Si](C)(C)C)C1=N[C@](C)(c2cccc(F)c2F)C2C[C@]2(CN=[N+]=[N-])S1. The first-order chi connectivity index (χ1) is 16.6. The van der Waals surface area contributed by atoms with Crippen LogP contribution in [-0.4, -0.2) is 54.5 Å². The molecule has 12 heteroatoms. The standard InChI is InChI=1S/C24H35F2N5O3SSi/c1-22(2,3)34-21(32)31(15-33-11-12-36(5,6)7)20-29-23(4,16-9-8-10-17(25)19(16)26)18-13-24(18,35-20)14-28-30-27/h8-10,18H,11-15H2,1-7H3/t18?,23-,24-/m1/s1. The number of carbonyl (C=O) groups excluding carboxylic acids is 1. The molecule has 198 valence electrons. The Morgan fingerprint density at radius 1 is 1.36 bits per heavy atom. The summed E-state index contributed by atoms with van der Waals surface area (Å²) in [6, 6.07) is 4.92. The minimum atomic E-state index is -1.36. The molecule has 1 aromatic rings. The van der Waals surface area contributed by atoms with Gasteiger partial charge in [0.2, 0.25) is 0 Å². The maximum atomic E-state index is 15.0. The molecule has 1 fully saturated rings. The van der Waals surface area contributed by atoms with Crippen molar-refractivity contribution < 1.29 is 23.0 Å². The summed E-state index contributed by atoms with van der Waals surface area (Å²) in [5, 5.41) is 4.05. The molecule has 0 N–H and O–H groups in total. The van der Waals surface area contributed by atoms with Gasteiger partial charge < -0.3 is 9.47 Å². The summed E-state index contributed by atoms with van der Waals surface area (Å²) in [6.07, 6.45) is -0.0868. The lowest BCUT2D eigenvalue weighted by molar-refractivity contribution is 0.0110. The van der Waals surface area contributed by atoms with Crippen molar-refractivity contribution >= 4 is 31.1 Å². The molecule has 8 nitrogen and oxygen atoms in total. The third kappa shape index (κ3) is 6.40. The van der Waals surface area contributed by atoms with E-state index in [-0.39, 0.29) is 29.9 Å². The van der Waals surface area contributed by atoms with E-state index in [1.54, 1.807) is 27.7 Å². The molecule has 1 aliphatic heterocycles. The molecular formula is C24H35F2N5O3SSi. The van der Waals surface area contributed by atoms with Crippen LogP contribution in [0.4, 0.5) is 13.6 Å². The van der Waals surface area contributed by atoms with Crippen LogP contribution in [0.5, 0.6) is 0 Å². The molecule has 1 unspecified atom stereocenters. The summed E-state index contributed by atoms with van der Waals surface area (Å²) in [4.78, 5) is 22.3. The van der Waals surface area contributed by atoms with Gasteiger partial charge in [0.05, 0.1) is 5.54 Å². The highest BCUT2D eigenvalue weighted by molar-refractivity contribution is 8.15. The van der Waals surface area contributed by atoms with Gasteiger partial charge in [-0.05, 0) is 51.8 Å². The second-order valence-electron chi connectivity index (χ2n) is 11.7. The molecule has 0 radical (unpaired) electrons. The van der Waals surface area contributed by atoms with E-state index < -0.39 is 41.7 Å². The van der Waals surface area contributed by atoms with Crippen molar-refractivity contribution in [2.45, 2.75) is 75.7 Å². The number of benzene rings is 1. The Hall–Kier alpha value is -2.14. The van der Waals surface area contributed by atoms with Crippen molar-refractivity contribution in [3.8, 4) is 0 Å². The number of thioether (sulfide) groups is 1. The Bertz CT molecular complexity index is 1090. The van der Waals surface area contributed by atoms with Crippen molar-refractivity contribution in [2.75, 3.05) is 19.9 Å². The average molecular weight is 540 g/mol. The van der Waals surface area contributed by atoms with Crippen molar-refractivity contribution in [2.24, 2.45) is 16.0 Å². The van der Waals surface area contributed by atoms with Gasteiger partial charge in [0.25, 0.3) is 0 Å². The maximum Gasteiger partial charge on any atom is 0.418 e. The molecular weight excluding hydrogens is 504 g/mol. The highest BCUT2D eigenvalue weighted by Gasteiger charge is 2.67. The maximum absolute atomic E-state index is 15.0. The summed E-state index contributed by atoms with van der Waals surface area (Å²) in [5.41, 5.74) is 7.11. The van der Waals surface area contributed by atoms with E-state index in [2.05, 4.69) is 29.7 Å². The number of fused-ring (bicyclic) bond motifs is 1. The van der Waals surface area contributed by atoms with E-state index in [0.717, 1.165) is 12.1 Å². The number of nitrogens with zero attached hydrogens (tertiary/aromatic N) is 5. The zero-order valence-corrected chi connectivity index (χ0v) is 23.8. The Morgan fingerprint density at radius 3 is 2.67 bits per heavy atom. The zero-order valence-electron chi connectivity index (χ0n) is 22.0. The number of carbonyl (C=O) groups is 1. The van der Waals surface area contributed by atoms with Gasteiger partial charge in [-0.1, -0.05) is 48.6 Å². The number of hydrogen-bond donors (Lipinski definition) is 0. The number of amides is 1. The number of amidine groups is 1. The first-order valence-electron chi connectivity index (χ1n) is 11.9. The van der Waals surface area contributed by atoms with E-state index >= 15 is 4.39 Å². The van der Waals surface area contributed by atoms with Crippen LogP contribution in [0.25, 0.3) is 10.4 Å². The number of azide groups is 1. The van der Waals surface area contributed by atoms with Gasteiger partial charge in [-0.25, -0.2) is 18.5 Å². The zero-order chi connectivity index (χ0) is 26.9. The largest absolute Gasteiger partial charge is 0.443 e. The van der Waals surface area contributed by atoms with Crippen LogP contribution in [0, 0.1) is 17.6 Å². The fourth-order valence-corrected chi connectivity index (χ4v) is 6.58. The number of rotatable bonds is 8. The quantitative estimate of drug-likeness (QED) is 0.0895. The molecule has 36 heavy (non-hydrogen) atoms. The first kappa shape index (κ1) is 28.4. The number of halogens is 2. The molecule has 1 amide bonds. The molecule has 0 saturated heterocycles. The molecule has 0 bridgehead atoms. The highest BCUT2D eigenvalue weighted by Crippen LogP contribution is 2.66. The summed E-state index contributed by atoms with van der Waals surface area (Å²) in [6.45, 7) is 14.2. The second kappa shape index (κ2) is 10.3. The van der Waals surface area contributed by atoms with Crippen molar-refractivity contribution in [3.05, 3.63) is 45.8 Å². The third-order valence-electron chi connectivity index (χ3n) is 6.29. The van der Waals surface area contributed by atoms with Gasteiger partial charge in [0, 0.05) is 42.4 Å². The van der Waals surface area contributed by atoms with Gasteiger partial charge in [-0.15, -0.1) is 0 Å². The number of ether oxygens (including phenoxy) is 2. The van der Waals surface area contributed by atoms with Crippen LogP contribution in [0.2, 0.25) is 25.7 Å². The predicted octanol–water partition coefficient (Wildman–Crippen LogP) is 6.90. The molecule has 0 spiro atoms. The summed E-state index contributed by atoms with van der Waals surface area (Å²) < 4.78 is 40.2. The molecule has 1 saturated carbocycles. The fraction of sp³-hybridized carbons (Fsp3) is 0.667. The summed E-state index contributed by atoms with van der Waals surface area (Å²) in [5.74, 6) is -2.16. The van der Waals surface area contributed by atoms with Crippen LogP contribution in [0.1, 0.15) is 39.7 Å².